The fourth-order valence-electron chi connectivity index (χ4n) is 1.29. The van der Waals surface area contributed by atoms with Gasteiger partial charge in [-0.05, 0) is 24.3 Å². The number of ether oxygens (including phenoxy) is 1. The molecule has 0 fully saturated rings. The van der Waals surface area contributed by atoms with Gasteiger partial charge in [-0.25, -0.2) is 4.98 Å². The number of hydrogen-bond acceptors (Lipinski definition) is 3. The molecule has 1 heterocycles. The van der Waals surface area contributed by atoms with Gasteiger partial charge in [0.2, 0.25) is 5.88 Å². The summed E-state index contributed by atoms with van der Waals surface area (Å²) < 4.78 is 6.52. The normalized spacial score (nSPS) is 9.65. The van der Waals surface area contributed by atoms with Crippen molar-refractivity contribution in [2.75, 3.05) is 0 Å². The second-order valence-electron chi connectivity index (χ2n) is 3.23. The predicted octanol–water partition coefficient (Wildman–Crippen LogP) is 3.71. The summed E-state index contributed by atoms with van der Waals surface area (Å²) in [5.41, 5.74) is 0.583. The van der Waals surface area contributed by atoms with Crippen molar-refractivity contribution in [3.8, 4) is 17.7 Å². The summed E-state index contributed by atoms with van der Waals surface area (Å²) >= 11 is 3.37. The highest BCUT2D eigenvalue weighted by Gasteiger charge is 2.01. The first kappa shape index (κ1) is 11.6. The molecule has 17 heavy (non-hydrogen) atoms. The summed E-state index contributed by atoms with van der Waals surface area (Å²) in [5, 5.41) is 8.54. The van der Waals surface area contributed by atoms with Crippen LogP contribution in [0.25, 0.3) is 0 Å². The molecule has 83 valence electrons. The van der Waals surface area contributed by atoms with Gasteiger partial charge in [0.1, 0.15) is 12.2 Å². The molecule has 0 atom stereocenters. The van der Waals surface area contributed by atoms with Gasteiger partial charge in [-0.15, -0.1) is 0 Å². The van der Waals surface area contributed by atoms with Crippen molar-refractivity contribution in [1.29, 1.82) is 5.26 Å². The van der Waals surface area contributed by atoms with Crippen LogP contribution in [0.2, 0.25) is 0 Å². The number of halogens is 1. The molecule has 0 aliphatic heterocycles. The van der Waals surface area contributed by atoms with Gasteiger partial charge in [-0.2, -0.15) is 5.26 Å². The van der Waals surface area contributed by atoms with Crippen LogP contribution in [0.5, 0.6) is 11.6 Å². The SMILES string of the molecule is N#C[CH]c1cccc(Oc2cccc(Br)c2)n1. The van der Waals surface area contributed by atoms with Crippen LogP contribution in [0.3, 0.4) is 0 Å². The van der Waals surface area contributed by atoms with Gasteiger partial charge in [0.15, 0.2) is 0 Å². The number of nitriles is 1. The molecule has 0 saturated carbocycles. The van der Waals surface area contributed by atoms with E-state index in [1.165, 1.54) is 6.42 Å². The third-order valence-corrected chi connectivity index (χ3v) is 2.47. The Morgan fingerprint density at radius 2 is 2.06 bits per heavy atom. The topological polar surface area (TPSA) is 45.9 Å². The van der Waals surface area contributed by atoms with Gasteiger partial charge in [0.25, 0.3) is 0 Å². The van der Waals surface area contributed by atoms with E-state index in [9.17, 15) is 0 Å². The van der Waals surface area contributed by atoms with E-state index in [1.54, 1.807) is 18.2 Å². The Labute approximate surface area is 108 Å². The van der Waals surface area contributed by atoms with Crippen molar-refractivity contribution in [3.05, 3.63) is 59.1 Å². The van der Waals surface area contributed by atoms with Crippen LogP contribution in [0.15, 0.2) is 46.9 Å². The van der Waals surface area contributed by atoms with Crippen LogP contribution in [0.1, 0.15) is 5.69 Å². The lowest BCUT2D eigenvalue weighted by molar-refractivity contribution is 0.462. The molecule has 1 aromatic heterocycles. The Morgan fingerprint density at radius 3 is 2.82 bits per heavy atom. The standard InChI is InChI=1S/C13H8BrN2O/c14-10-3-1-5-12(9-10)17-13-6-2-4-11(16-13)7-8-15/h1-7,9H. The highest BCUT2D eigenvalue weighted by molar-refractivity contribution is 9.10. The molecule has 0 saturated heterocycles. The molecule has 0 bridgehead atoms. The number of rotatable bonds is 3. The minimum Gasteiger partial charge on any atom is -0.439 e. The average Bonchev–Trinajstić information content (AvgIpc) is 2.30. The van der Waals surface area contributed by atoms with Crippen LogP contribution in [0, 0.1) is 17.8 Å². The predicted molar refractivity (Wildman–Crippen MR) is 67.5 cm³/mol. The van der Waals surface area contributed by atoms with E-state index in [1.807, 2.05) is 30.3 Å². The zero-order valence-electron chi connectivity index (χ0n) is 8.80. The van der Waals surface area contributed by atoms with Gasteiger partial charge in [0.05, 0.1) is 11.8 Å². The first-order valence-electron chi connectivity index (χ1n) is 4.91. The molecule has 0 unspecified atom stereocenters. The van der Waals surface area contributed by atoms with Gasteiger partial charge in [-0.1, -0.05) is 28.1 Å². The maximum atomic E-state index is 8.54. The molecule has 0 N–H and O–H groups in total. The fraction of sp³-hybridized carbons (Fsp3) is 0. The molecule has 0 aliphatic carbocycles. The maximum Gasteiger partial charge on any atom is 0.219 e. The Kier molecular flexibility index (Phi) is 3.73. The van der Waals surface area contributed by atoms with E-state index in [-0.39, 0.29) is 0 Å². The molecule has 2 aromatic rings. The number of benzene rings is 1. The molecule has 4 heteroatoms. The summed E-state index contributed by atoms with van der Waals surface area (Å²) in [6, 6.07) is 14.7. The first-order valence-corrected chi connectivity index (χ1v) is 5.70. The molecule has 0 amide bonds. The second-order valence-corrected chi connectivity index (χ2v) is 4.15. The van der Waals surface area contributed by atoms with Crippen molar-refractivity contribution in [1.82, 2.24) is 4.98 Å². The number of nitrogens with zero attached hydrogens (tertiary/aromatic N) is 2. The van der Waals surface area contributed by atoms with Gasteiger partial charge in [-0.3, -0.25) is 0 Å². The average molecular weight is 288 g/mol. The smallest absolute Gasteiger partial charge is 0.219 e. The van der Waals surface area contributed by atoms with Gasteiger partial charge < -0.3 is 4.74 Å². The summed E-state index contributed by atoms with van der Waals surface area (Å²) in [6.45, 7) is 0. The molecule has 0 spiro atoms. The number of hydrogen-bond donors (Lipinski definition) is 0. The molecule has 1 aromatic carbocycles. The van der Waals surface area contributed by atoms with E-state index < -0.39 is 0 Å². The summed E-state index contributed by atoms with van der Waals surface area (Å²) in [5.74, 6) is 1.16. The molecular weight excluding hydrogens is 280 g/mol. The van der Waals surface area contributed by atoms with Crippen LogP contribution in [-0.2, 0) is 0 Å². The zero-order chi connectivity index (χ0) is 12.1. The van der Waals surface area contributed by atoms with Crippen molar-refractivity contribution in [2.24, 2.45) is 0 Å². The minimum absolute atomic E-state index is 0.465. The summed E-state index contributed by atoms with van der Waals surface area (Å²) in [7, 11) is 0. The lowest BCUT2D eigenvalue weighted by Gasteiger charge is -2.05. The fourth-order valence-corrected chi connectivity index (χ4v) is 1.66. The summed E-state index contributed by atoms with van der Waals surface area (Å²) in [4.78, 5) is 4.17. The largest absolute Gasteiger partial charge is 0.439 e. The van der Waals surface area contributed by atoms with Gasteiger partial charge >= 0.3 is 0 Å². The third kappa shape index (κ3) is 3.30. The first-order chi connectivity index (χ1) is 8.28. The van der Waals surface area contributed by atoms with E-state index in [4.69, 9.17) is 10.00 Å². The molecular formula is C13H8BrN2O. The lowest BCUT2D eigenvalue weighted by Crippen LogP contribution is -1.91. The molecule has 2 rings (SSSR count). The van der Waals surface area contributed by atoms with E-state index in [0.29, 0.717) is 17.3 Å². The minimum atomic E-state index is 0.465. The quantitative estimate of drug-likeness (QED) is 0.864. The molecule has 3 nitrogen and oxygen atoms in total. The summed E-state index contributed by atoms with van der Waals surface area (Å²) in [6.07, 6.45) is 1.37. The van der Waals surface area contributed by atoms with E-state index in [2.05, 4.69) is 20.9 Å². The zero-order valence-corrected chi connectivity index (χ0v) is 10.4. The number of aromatic nitrogens is 1. The highest BCUT2D eigenvalue weighted by atomic mass is 79.9. The van der Waals surface area contributed by atoms with Crippen molar-refractivity contribution < 1.29 is 4.74 Å². The van der Waals surface area contributed by atoms with Crippen molar-refractivity contribution in [3.63, 3.8) is 0 Å². The monoisotopic (exact) mass is 287 g/mol. The van der Waals surface area contributed by atoms with Crippen LogP contribution < -0.4 is 4.74 Å². The van der Waals surface area contributed by atoms with Crippen molar-refractivity contribution >= 4 is 15.9 Å². The number of pyridine rings is 1. The molecule has 1 radical (unpaired) electrons. The van der Waals surface area contributed by atoms with Crippen molar-refractivity contribution in [2.45, 2.75) is 0 Å². The van der Waals surface area contributed by atoms with Crippen LogP contribution in [0.4, 0.5) is 0 Å². The van der Waals surface area contributed by atoms with E-state index in [0.717, 1.165) is 4.47 Å². The maximum absolute atomic E-state index is 8.54. The van der Waals surface area contributed by atoms with Crippen LogP contribution >= 0.6 is 15.9 Å². The van der Waals surface area contributed by atoms with Gasteiger partial charge in [0, 0.05) is 10.5 Å². The van der Waals surface area contributed by atoms with Crippen LogP contribution in [-0.4, -0.2) is 4.98 Å². The molecule has 0 aliphatic rings. The van der Waals surface area contributed by atoms with E-state index >= 15 is 0 Å². The Morgan fingerprint density at radius 1 is 1.24 bits per heavy atom. The Balaban J connectivity index is 2.19. The third-order valence-electron chi connectivity index (χ3n) is 1.98. The second kappa shape index (κ2) is 5.46. The lowest BCUT2D eigenvalue weighted by atomic mass is 10.3. The highest BCUT2D eigenvalue weighted by Crippen LogP contribution is 2.23. The Bertz CT molecular complexity index is 563. The Hall–Kier alpha value is -1.86.